The van der Waals surface area contributed by atoms with Crippen molar-refractivity contribution < 1.29 is 68.7 Å². The van der Waals surface area contributed by atoms with Crippen LogP contribution < -0.4 is 9.47 Å². The Kier molecular flexibility index (Phi) is 8.35. The number of aliphatic hydroxyl groups is 1. The quantitative estimate of drug-likeness (QED) is 0.333. The second kappa shape index (κ2) is 11.1. The van der Waals surface area contributed by atoms with Gasteiger partial charge in [0.25, 0.3) is 0 Å². The standard InChI is InChI=1S/C22H16F8O7/c23-13-7-11(1-3-15(13)36-21(25,26)27)9-33-18-17(5-6-31)35-20(32)19(18)34-10-12-2-4-16(14(24)8-12)37-22(28,29)30/h1-4,7-8,17,31H,5-6,9-10H2. The van der Waals surface area contributed by atoms with Gasteiger partial charge >= 0.3 is 18.7 Å². The summed E-state index contributed by atoms with van der Waals surface area (Å²) in [6.45, 7) is -1.45. The third-order valence-corrected chi connectivity index (χ3v) is 4.56. The molecule has 0 fully saturated rings. The zero-order valence-corrected chi connectivity index (χ0v) is 18.3. The summed E-state index contributed by atoms with van der Waals surface area (Å²) >= 11 is 0. The van der Waals surface area contributed by atoms with Crippen LogP contribution in [-0.4, -0.2) is 36.5 Å². The lowest BCUT2D eigenvalue weighted by Crippen LogP contribution is -2.18. The molecule has 0 radical (unpaired) electrons. The number of carbonyl (C=O) groups is 1. The highest BCUT2D eigenvalue weighted by Crippen LogP contribution is 2.31. The van der Waals surface area contributed by atoms with Crippen LogP contribution in [0.25, 0.3) is 0 Å². The summed E-state index contributed by atoms with van der Waals surface area (Å²) in [7, 11) is 0. The lowest BCUT2D eigenvalue weighted by atomic mass is 10.2. The SMILES string of the molecule is O=C1OC(CCO)C(OCc2ccc(OC(F)(F)F)c(F)c2)=C1OCc1ccc(OC(F)(F)F)c(F)c1. The van der Waals surface area contributed by atoms with Crippen molar-refractivity contribution in [3.05, 3.63) is 70.7 Å². The molecule has 202 valence electrons. The number of esters is 1. The third kappa shape index (κ3) is 7.87. The number of cyclic esters (lactones) is 1. The van der Waals surface area contributed by atoms with Gasteiger partial charge in [0.15, 0.2) is 35.0 Å². The normalized spacial score (nSPS) is 16.0. The molecule has 0 aliphatic carbocycles. The average molecular weight is 544 g/mol. The lowest BCUT2D eigenvalue weighted by Gasteiger charge is -2.15. The van der Waals surface area contributed by atoms with Crippen LogP contribution in [0.4, 0.5) is 35.1 Å². The number of hydrogen-bond donors (Lipinski definition) is 1. The van der Waals surface area contributed by atoms with Crippen molar-refractivity contribution >= 4 is 5.97 Å². The van der Waals surface area contributed by atoms with Crippen molar-refractivity contribution in [1.82, 2.24) is 0 Å². The molecule has 0 saturated carbocycles. The molecular formula is C22H16F8O7. The maximum absolute atomic E-state index is 13.9. The molecule has 1 unspecified atom stereocenters. The van der Waals surface area contributed by atoms with E-state index in [1.54, 1.807) is 0 Å². The molecule has 1 heterocycles. The topological polar surface area (TPSA) is 83.5 Å². The van der Waals surface area contributed by atoms with E-state index >= 15 is 0 Å². The van der Waals surface area contributed by atoms with Crippen molar-refractivity contribution in [2.24, 2.45) is 0 Å². The minimum absolute atomic E-state index is 0.000364. The Labute approximate surface area is 202 Å². The van der Waals surface area contributed by atoms with Gasteiger partial charge in [-0.2, -0.15) is 0 Å². The highest BCUT2D eigenvalue weighted by atomic mass is 19.4. The van der Waals surface area contributed by atoms with E-state index in [1.165, 1.54) is 0 Å². The highest BCUT2D eigenvalue weighted by Gasteiger charge is 2.38. The molecular weight excluding hydrogens is 528 g/mol. The lowest BCUT2D eigenvalue weighted by molar-refractivity contribution is -0.276. The Bertz CT molecular complexity index is 1160. The fourth-order valence-electron chi connectivity index (χ4n) is 3.08. The average Bonchev–Trinajstić information content (AvgIpc) is 3.06. The molecule has 37 heavy (non-hydrogen) atoms. The van der Waals surface area contributed by atoms with Gasteiger partial charge in [0.2, 0.25) is 5.76 Å². The monoisotopic (exact) mass is 544 g/mol. The zero-order valence-electron chi connectivity index (χ0n) is 18.3. The summed E-state index contributed by atoms with van der Waals surface area (Å²) in [6.07, 6.45) is -11.5. The van der Waals surface area contributed by atoms with E-state index < -0.39 is 73.5 Å². The van der Waals surface area contributed by atoms with Gasteiger partial charge < -0.3 is 28.8 Å². The summed E-state index contributed by atoms with van der Waals surface area (Å²) in [6, 6.07) is 4.92. The number of halogens is 8. The predicted molar refractivity (Wildman–Crippen MR) is 104 cm³/mol. The minimum Gasteiger partial charge on any atom is -0.485 e. The minimum atomic E-state index is -5.11. The third-order valence-electron chi connectivity index (χ3n) is 4.56. The summed E-state index contributed by atoms with van der Waals surface area (Å²) in [5, 5.41) is 9.21. The molecule has 0 saturated heterocycles. The van der Waals surface area contributed by atoms with Gasteiger partial charge in [-0.25, -0.2) is 13.6 Å². The Morgan fingerprint density at radius 1 is 0.811 bits per heavy atom. The van der Waals surface area contributed by atoms with Crippen molar-refractivity contribution in [2.45, 2.75) is 38.5 Å². The van der Waals surface area contributed by atoms with Crippen LogP contribution in [0.2, 0.25) is 0 Å². The number of benzene rings is 2. The van der Waals surface area contributed by atoms with Gasteiger partial charge in [0.05, 0.1) is 0 Å². The molecule has 0 amide bonds. The Hall–Kier alpha value is -3.75. The molecule has 0 bridgehead atoms. The summed E-state index contributed by atoms with van der Waals surface area (Å²) in [5.41, 5.74) is 0.0305. The number of aliphatic hydroxyl groups excluding tert-OH is 1. The first-order valence-corrected chi connectivity index (χ1v) is 10.2. The van der Waals surface area contributed by atoms with Crippen LogP contribution in [0.1, 0.15) is 17.5 Å². The smallest absolute Gasteiger partial charge is 0.485 e. The van der Waals surface area contributed by atoms with Gasteiger partial charge in [0, 0.05) is 13.0 Å². The number of rotatable bonds is 10. The van der Waals surface area contributed by atoms with Gasteiger partial charge in [-0.05, 0) is 35.4 Å². The largest absolute Gasteiger partial charge is 0.573 e. The van der Waals surface area contributed by atoms with Gasteiger partial charge in [-0.3, -0.25) is 0 Å². The fourth-order valence-corrected chi connectivity index (χ4v) is 3.08. The number of carbonyl (C=O) groups excluding carboxylic acids is 1. The van der Waals surface area contributed by atoms with Gasteiger partial charge in [-0.15, -0.1) is 26.3 Å². The van der Waals surface area contributed by atoms with E-state index in [2.05, 4.69) is 9.47 Å². The van der Waals surface area contributed by atoms with E-state index in [4.69, 9.17) is 14.2 Å². The first-order valence-electron chi connectivity index (χ1n) is 10.2. The van der Waals surface area contributed by atoms with E-state index in [9.17, 15) is 45.0 Å². The van der Waals surface area contributed by atoms with E-state index in [0.29, 0.717) is 18.2 Å². The van der Waals surface area contributed by atoms with Crippen LogP contribution in [0.3, 0.4) is 0 Å². The molecule has 1 N–H and O–H groups in total. The Morgan fingerprint density at radius 2 is 1.30 bits per heavy atom. The summed E-state index contributed by atoms with van der Waals surface area (Å²) in [4.78, 5) is 12.2. The second-order valence-electron chi connectivity index (χ2n) is 7.30. The molecule has 15 heteroatoms. The number of hydrogen-bond acceptors (Lipinski definition) is 7. The molecule has 2 aromatic rings. The highest BCUT2D eigenvalue weighted by molar-refractivity contribution is 5.89. The Balaban J connectivity index is 1.74. The molecule has 1 atom stereocenters. The summed E-state index contributed by atoms with van der Waals surface area (Å²) in [5.74, 6) is -6.63. The van der Waals surface area contributed by atoms with Crippen molar-refractivity contribution in [3.63, 3.8) is 0 Å². The molecule has 0 aromatic heterocycles. The number of alkyl halides is 6. The first kappa shape index (κ1) is 27.8. The van der Waals surface area contributed by atoms with Crippen molar-refractivity contribution in [1.29, 1.82) is 0 Å². The van der Waals surface area contributed by atoms with Crippen molar-refractivity contribution in [3.8, 4) is 11.5 Å². The van der Waals surface area contributed by atoms with Crippen LogP contribution in [0.5, 0.6) is 11.5 Å². The maximum Gasteiger partial charge on any atom is 0.573 e. The summed E-state index contributed by atoms with van der Waals surface area (Å²) < 4.78 is 125. The molecule has 1 aliphatic rings. The van der Waals surface area contributed by atoms with E-state index in [1.807, 2.05) is 0 Å². The molecule has 1 aliphatic heterocycles. The molecule has 7 nitrogen and oxygen atoms in total. The van der Waals surface area contributed by atoms with Crippen molar-refractivity contribution in [2.75, 3.05) is 6.61 Å². The van der Waals surface area contributed by atoms with Crippen LogP contribution in [-0.2, 0) is 32.2 Å². The van der Waals surface area contributed by atoms with Crippen LogP contribution >= 0.6 is 0 Å². The first-order chi connectivity index (χ1) is 17.3. The fraction of sp³-hybridized carbons (Fsp3) is 0.318. The maximum atomic E-state index is 13.9. The van der Waals surface area contributed by atoms with Crippen LogP contribution in [0.15, 0.2) is 47.9 Å². The molecule has 0 spiro atoms. The van der Waals surface area contributed by atoms with E-state index in [0.717, 1.165) is 18.2 Å². The predicted octanol–water partition coefficient (Wildman–Crippen LogP) is 5.01. The zero-order chi connectivity index (χ0) is 27.4. The van der Waals surface area contributed by atoms with Gasteiger partial charge in [0.1, 0.15) is 13.2 Å². The Morgan fingerprint density at radius 3 is 1.73 bits per heavy atom. The number of ether oxygens (including phenoxy) is 5. The molecule has 2 aromatic carbocycles. The van der Waals surface area contributed by atoms with Gasteiger partial charge in [-0.1, -0.05) is 12.1 Å². The van der Waals surface area contributed by atoms with E-state index in [-0.39, 0.29) is 23.3 Å². The second-order valence-corrected chi connectivity index (χ2v) is 7.30. The van der Waals surface area contributed by atoms with Crippen LogP contribution in [0, 0.1) is 11.6 Å². The molecule has 3 rings (SSSR count).